The molecule has 0 fully saturated rings. The van der Waals surface area contributed by atoms with Gasteiger partial charge in [-0.2, -0.15) is 10.4 Å². The van der Waals surface area contributed by atoms with Crippen LogP contribution in [0.4, 0.5) is 0 Å². The fourth-order valence-corrected chi connectivity index (χ4v) is 3.42. The van der Waals surface area contributed by atoms with Crippen molar-refractivity contribution in [3.8, 4) is 17.5 Å². The highest BCUT2D eigenvalue weighted by Gasteiger charge is 2.18. The zero-order valence-electron chi connectivity index (χ0n) is 15.2. The summed E-state index contributed by atoms with van der Waals surface area (Å²) in [7, 11) is 0. The number of nitriles is 1. The molecule has 0 radical (unpaired) electrons. The summed E-state index contributed by atoms with van der Waals surface area (Å²) in [5.41, 5.74) is 2.08. The average Bonchev–Trinajstić information content (AvgIpc) is 3.16. The number of nitrogens with zero attached hydrogens (tertiary/aromatic N) is 4. The zero-order chi connectivity index (χ0) is 19.1. The Hall–Kier alpha value is -2.65. The third-order valence-corrected chi connectivity index (χ3v) is 4.79. The molecule has 1 unspecified atom stereocenters. The topological polar surface area (TPSA) is 63.7 Å². The number of halogens is 1. The zero-order valence-corrected chi connectivity index (χ0v) is 16.8. The first-order valence-corrected chi connectivity index (χ1v) is 9.75. The quantitative estimate of drug-likeness (QED) is 0.506. The van der Waals surface area contributed by atoms with E-state index in [0.717, 1.165) is 28.8 Å². The molecule has 3 rings (SSSR count). The number of benzene rings is 2. The third-order valence-electron chi connectivity index (χ3n) is 4.29. The van der Waals surface area contributed by atoms with Crippen LogP contribution in [0.3, 0.4) is 0 Å². The monoisotopic (exact) mass is 424 g/mol. The van der Waals surface area contributed by atoms with Gasteiger partial charge in [0.2, 0.25) is 0 Å². The van der Waals surface area contributed by atoms with E-state index >= 15 is 0 Å². The van der Waals surface area contributed by atoms with E-state index in [1.54, 1.807) is 11.0 Å². The highest BCUT2D eigenvalue weighted by molar-refractivity contribution is 9.10. The molecule has 0 spiro atoms. The van der Waals surface area contributed by atoms with Crippen LogP contribution in [0.1, 0.15) is 37.1 Å². The van der Waals surface area contributed by atoms with Crippen molar-refractivity contribution in [3.63, 3.8) is 0 Å². The molecule has 1 heterocycles. The van der Waals surface area contributed by atoms with E-state index in [4.69, 9.17) is 4.74 Å². The van der Waals surface area contributed by atoms with Gasteiger partial charge in [-0.05, 0) is 49.6 Å². The molecular weight excluding hydrogens is 404 g/mol. The van der Waals surface area contributed by atoms with Crippen LogP contribution < -0.4 is 4.74 Å². The minimum atomic E-state index is -0.00510. The molecule has 1 atom stereocenters. The molecule has 0 saturated heterocycles. The smallest absolute Gasteiger partial charge is 0.155 e. The predicted molar refractivity (Wildman–Crippen MR) is 108 cm³/mol. The Morgan fingerprint density at radius 2 is 2.07 bits per heavy atom. The highest BCUT2D eigenvalue weighted by atomic mass is 79.9. The second-order valence-electron chi connectivity index (χ2n) is 6.18. The lowest BCUT2D eigenvalue weighted by Crippen LogP contribution is -2.05. The van der Waals surface area contributed by atoms with Gasteiger partial charge >= 0.3 is 0 Å². The fraction of sp³-hybridized carbons (Fsp3) is 0.286. The number of aromatic nitrogens is 3. The molecule has 3 aromatic rings. The van der Waals surface area contributed by atoms with Gasteiger partial charge in [0.05, 0.1) is 12.7 Å². The lowest BCUT2D eigenvalue weighted by molar-refractivity contribution is 0.338. The highest BCUT2D eigenvalue weighted by Crippen LogP contribution is 2.26. The molecule has 0 aliphatic rings. The minimum absolute atomic E-state index is 0.00510. The number of hydrogen-bond donors (Lipinski definition) is 0. The molecule has 0 saturated carbocycles. The first-order valence-electron chi connectivity index (χ1n) is 8.96. The minimum Gasteiger partial charge on any atom is -0.492 e. The Labute approximate surface area is 167 Å². The van der Waals surface area contributed by atoms with Gasteiger partial charge in [-0.15, -0.1) is 0 Å². The van der Waals surface area contributed by atoms with Crippen molar-refractivity contribution in [1.82, 2.24) is 14.8 Å². The Kier molecular flexibility index (Phi) is 6.61. The fourth-order valence-electron chi connectivity index (χ4n) is 2.97. The molecule has 27 heavy (non-hydrogen) atoms. The maximum absolute atomic E-state index is 9.24. The molecule has 0 aliphatic heterocycles. The van der Waals surface area contributed by atoms with Crippen LogP contribution >= 0.6 is 15.9 Å². The number of aryl methyl sites for hydroxylation is 1. The van der Waals surface area contributed by atoms with Crippen molar-refractivity contribution in [2.24, 2.45) is 0 Å². The maximum atomic E-state index is 9.24. The van der Waals surface area contributed by atoms with E-state index in [9.17, 15) is 5.26 Å². The SMILES string of the molecule is CCOc1ccccc1-n1cnc(C(CC#N)CCc2cccc(Br)c2)n1. The van der Waals surface area contributed by atoms with Crippen molar-refractivity contribution in [2.75, 3.05) is 6.61 Å². The summed E-state index contributed by atoms with van der Waals surface area (Å²) in [6, 6.07) is 18.2. The summed E-state index contributed by atoms with van der Waals surface area (Å²) in [6.07, 6.45) is 3.78. The summed E-state index contributed by atoms with van der Waals surface area (Å²) in [6.45, 7) is 2.54. The molecular formula is C21H21BrN4O. The third kappa shape index (κ3) is 4.95. The molecule has 0 N–H and O–H groups in total. The molecule has 1 aromatic heterocycles. The van der Waals surface area contributed by atoms with Crippen molar-refractivity contribution in [3.05, 3.63) is 70.7 Å². The van der Waals surface area contributed by atoms with Crippen LogP contribution in [-0.4, -0.2) is 21.4 Å². The van der Waals surface area contributed by atoms with E-state index in [-0.39, 0.29) is 5.92 Å². The van der Waals surface area contributed by atoms with E-state index in [2.05, 4.69) is 44.2 Å². The molecule has 0 aliphatic carbocycles. The summed E-state index contributed by atoms with van der Waals surface area (Å²) < 4.78 is 8.47. The van der Waals surface area contributed by atoms with E-state index in [1.807, 2.05) is 43.3 Å². The van der Waals surface area contributed by atoms with Crippen LogP contribution in [-0.2, 0) is 6.42 Å². The Morgan fingerprint density at radius 3 is 2.85 bits per heavy atom. The first kappa shape index (κ1) is 19.1. The van der Waals surface area contributed by atoms with Crippen LogP contribution in [0.2, 0.25) is 0 Å². The number of para-hydroxylation sites is 2. The molecule has 6 heteroatoms. The largest absolute Gasteiger partial charge is 0.492 e. The van der Waals surface area contributed by atoms with Gasteiger partial charge in [0.25, 0.3) is 0 Å². The van der Waals surface area contributed by atoms with Gasteiger partial charge < -0.3 is 4.74 Å². The van der Waals surface area contributed by atoms with E-state index in [0.29, 0.717) is 18.9 Å². The van der Waals surface area contributed by atoms with Gasteiger partial charge in [0.1, 0.15) is 17.8 Å². The van der Waals surface area contributed by atoms with Crippen molar-refractivity contribution >= 4 is 15.9 Å². The van der Waals surface area contributed by atoms with Gasteiger partial charge in [-0.3, -0.25) is 0 Å². The number of rotatable bonds is 8. The van der Waals surface area contributed by atoms with Crippen molar-refractivity contribution in [2.45, 2.75) is 32.1 Å². The van der Waals surface area contributed by atoms with Crippen LogP contribution in [0.25, 0.3) is 5.69 Å². The summed E-state index contributed by atoms with van der Waals surface area (Å²) in [5.74, 6) is 1.45. The van der Waals surface area contributed by atoms with Crippen molar-refractivity contribution in [1.29, 1.82) is 5.26 Å². The molecule has 0 amide bonds. The Morgan fingerprint density at radius 1 is 1.22 bits per heavy atom. The molecule has 2 aromatic carbocycles. The normalized spacial score (nSPS) is 11.7. The van der Waals surface area contributed by atoms with Gasteiger partial charge in [0, 0.05) is 16.8 Å². The maximum Gasteiger partial charge on any atom is 0.155 e. The van der Waals surface area contributed by atoms with Crippen molar-refractivity contribution < 1.29 is 4.74 Å². The lowest BCUT2D eigenvalue weighted by Gasteiger charge is -2.11. The summed E-state index contributed by atoms with van der Waals surface area (Å²) >= 11 is 3.50. The van der Waals surface area contributed by atoms with E-state index < -0.39 is 0 Å². The van der Waals surface area contributed by atoms with Gasteiger partial charge in [-0.25, -0.2) is 9.67 Å². The van der Waals surface area contributed by atoms with Crippen LogP contribution in [0, 0.1) is 11.3 Å². The summed E-state index contributed by atoms with van der Waals surface area (Å²) in [4.78, 5) is 4.48. The molecule has 0 bridgehead atoms. The Bertz CT molecular complexity index is 932. The van der Waals surface area contributed by atoms with Gasteiger partial charge in [-0.1, -0.05) is 40.2 Å². The second-order valence-corrected chi connectivity index (χ2v) is 7.09. The summed E-state index contributed by atoms with van der Waals surface area (Å²) in [5, 5.41) is 13.9. The van der Waals surface area contributed by atoms with E-state index in [1.165, 1.54) is 5.56 Å². The lowest BCUT2D eigenvalue weighted by atomic mass is 9.96. The number of ether oxygens (including phenoxy) is 1. The molecule has 5 nitrogen and oxygen atoms in total. The molecule has 138 valence electrons. The standard InChI is InChI=1S/C21H21BrN4O/c1-2-27-20-9-4-3-8-19(20)26-15-24-21(25-26)17(12-13-23)11-10-16-6-5-7-18(22)14-16/h3-9,14-15,17H,2,10-12H2,1H3. The predicted octanol–water partition coefficient (Wildman–Crippen LogP) is 5.06. The van der Waals surface area contributed by atoms with Crippen LogP contribution in [0.5, 0.6) is 5.75 Å². The first-order chi connectivity index (χ1) is 13.2. The van der Waals surface area contributed by atoms with Gasteiger partial charge in [0.15, 0.2) is 5.82 Å². The average molecular weight is 425 g/mol. The number of hydrogen-bond acceptors (Lipinski definition) is 4. The Balaban J connectivity index is 1.78. The second kappa shape index (κ2) is 9.33. The van der Waals surface area contributed by atoms with Crippen LogP contribution in [0.15, 0.2) is 59.3 Å².